The Hall–Kier alpha value is -0.570. The number of hydrogen-bond acceptors (Lipinski definition) is 2. The van der Waals surface area contributed by atoms with Crippen molar-refractivity contribution in [2.75, 3.05) is 13.6 Å². The number of nitrogens with two attached hydrogens (primary N) is 1. The van der Waals surface area contributed by atoms with Gasteiger partial charge in [-0.25, -0.2) is 0 Å². The van der Waals surface area contributed by atoms with E-state index < -0.39 is 0 Å². The molecule has 18 heavy (non-hydrogen) atoms. The average Bonchev–Trinajstić information content (AvgIpc) is 2.27. The Morgan fingerprint density at radius 1 is 1.39 bits per heavy atom. The van der Waals surface area contributed by atoms with Gasteiger partial charge in [-0.2, -0.15) is 0 Å². The van der Waals surface area contributed by atoms with Crippen molar-refractivity contribution in [1.29, 1.82) is 0 Å². The lowest BCUT2D eigenvalue weighted by Gasteiger charge is -2.39. The first-order valence-corrected chi connectivity index (χ1v) is 6.91. The van der Waals surface area contributed by atoms with Gasteiger partial charge in [0.2, 0.25) is 0 Å². The van der Waals surface area contributed by atoms with Crippen molar-refractivity contribution in [1.82, 2.24) is 4.90 Å². The maximum atomic E-state index is 6.02. The fraction of sp³-hybridized carbons (Fsp3) is 0.600. The smallest absolute Gasteiger partial charge is 0.0409 e. The number of likely N-dealkylation sites (N-methyl/N-ethyl adjacent to an activating group) is 1. The normalized spacial score (nSPS) is 15.1. The van der Waals surface area contributed by atoms with Crippen LogP contribution in [0, 0.1) is 5.92 Å². The fourth-order valence-corrected chi connectivity index (χ4v) is 2.59. The Labute approximate surface area is 116 Å². The number of halogens is 1. The fourth-order valence-electron chi connectivity index (χ4n) is 2.37. The molecule has 0 spiro atoms. The van der Waals surface area contributed by atoms with Gasteiger partial charge in [-0.1, -0.05) is 37.6 Å². The van der Waals surface area contributed by atoms with Crippen LogP contribution >= 0.6 is 11.6 Å². The highest BCUT2D eigenvalue weighted by Gasteiger charge is 2.28. The van der Waals surface area contributed by atoms with Gasteiger partial charge in [0.1, 0.15) is 0 Å². The van der Waals surface area contributed by atoms with E-state index in [2.05, 4.69) is 38.8 Å². The number of nitrogens with zero attached hydrogens (tertiary/aromatic N) is 1. The third-order valence-electron chi connectivity index (χ3n) is 3.52. The van der Waals surface area contributed by atoms with Crippen molar-refractivity contribution in [2.45, 2.75) is 39.3 Å². The molecule has 0 heterocycles. The standard InChI is InChI=1S/C15H25ClN2/c1-12(2)9-15(3,11-17)18(4)10-13-6-5-7-14(16)8-13/h5-8,12H,9-11,17H2,1-4H3. The van der Waals surface area contributed by atoms with E-state index in [1.165, 1.54) is 5.56 Å². The molecule has 1 unspecified atom stereocenters. The van der Waals surface area contributed by atoms with Crippen LogP contribution in [0.2, 0.25) is 5.02 Å². The second-order valence-corrected chi connectivity index (χ2v) is 6.22. The van der Waals surface area contributed by atoms with Gasteiger partial charge in [0.15, 0.2) is 0 Å². The third kappa shape index (κ3) is 4.27. The van der Waals surface area contributed by atoms with Crippen molar-refractivity contribution in [3.8, 4) is 0 Å². The first-order chi connectivity index (χ1) is 8.37. The zero-order chi connectivity index (χ0) is 13.8. The summed E-state index contributed by atoms with van der Waals surface area (Å²) < 4.78 is 0. The maximum absolute atomic E-state index is 6.02. The van der Waals surface area contributed by atoms with Crippen molar-refractivity contribution in [3.63, 3.8) is 0 Å². The highest BCUT2D eigenvalue weighted by Crippen LogP contribution is 2.24. The molecule has 2 N–H and O–H groups in total. The Balaban J connectivity index is 2.76. The molecule has 1 aromatic rings. The number of rotatable bonds is 6. The van der Waals surface area contributed by atoms with E-state index in [0.717, 1.165) is 18.0 Å². The molecule has 0 amide bonds. The van der Waals surface area contributed by atoms with E-state index in [1.807, 2.05) is 18.2 Å². The van der Waals surface area contributed by atoms with Crippen molar-refractivity contribution >= 4 is 11.6 Å². The first-order valence-electron chi connectivity index (χ1n) is 6.53. The Kier molecular flexibility index (Phi) is 5.64. The van der Waals surface area contributed by atoms with Crippen LogP contribution in [0.3, 0.4) is 0 Å². The van der Waals surface area contributed by atoms with Gasteiger partial charge in [-0.05, 0) is 44.0 Å². The maximum Gasteiger partial charge on any atom is 0.0409 e. The predicted molar refractivity (Wildman–Crippen MR) is 79.8 cm³/mol. The van der Waals surface area contributed by atoms with Crippen molar-refractivity contribution in [2.24, 2.45) is 11.7 Å². The summed E-state index contributed by atoms with van der Waals surface area (Å²) in [5.41, 5.74) is 7.24. The van der Waals surface area contributed by atoms with E-state index in [9.17, 15) is 0 Å². The summed E-state index contributed by atoms with van der Waals surface area (Å²) in [5.74, 6) is 0.639. The molecule has 0 aliphatic heterocycles. The average molecular weight is 269 g/mol. The Morgan fingerprint density at radius 2 is 2.06 bits per heavy atom. The molecule has 0 aliphatic carbocycles. The van der Waals surface area contributed by atoms with Crippen molar-refractivity contribution in [3.05, 3.63) is 34.9 Å². The van der Waals surface area contributed by atoms with Crippen LogP contribution in [0.5, 0.6) is 0 Å². The molecule has 2 nitrogen and oxygen atoms in total. The van der Waals surface area contributed by atoms with Gasteiger partial charge in [-0.3, -0.25) is 4.90 Å². The molecule has 0 aromatic heterocycles. The largest absolute Gasteiger partial charge is 0.329 e. The molecular formula is C15H25ClN2. The summed E-state index contributed by atoms with van der Waals surface area (Å²) in [6.07, 6.45) is 1.10. The van der Waals surface area contributed by atoms with Gasteiger partial charge in [0, 0.05) is 23.7 Å². The van der Waals surface area contributed by atoms with Gasteiger partial charge in [0.25, 0.3) is 0 Å². The topological polar surface area (TPSA) is 29.3 Å². The second-order valence-electron chi connectivity index (χ2n) is 5.79. The van der Waals surface area contributed by atoms with E-state index in [-0.39, 0.29) is 5.54 Å². The molecule has 3 heteroatoms. The Bertz CT molecular complexity index is 379. The van der Waals surface area contributed by atoms with Crippen LogP contribution in [-0.4, -0.2) is 24.0 Å². The minimum atomic E-state index is 0.0382. The van der Waals surface area contributed by atoms with Gasteiger partial charge >= 0.3 is 0 Å². The monoisotopic (exact) mass is 268 g/mol. The molecule has 0 saturated carbocycles. The van der Waals surface area contributed by atoms with E-state index in [1.54, 1.807) is 0 Å². The summed E-state index contributed by atoms with van der Waals surface area (Å²) in [7, 11) is 2.14. The summed E-state index contributed by atoms with van der Waals surface area (Å²) in [6.45, 7) is 8.25. The molecule has 1 rings (SSSR count). The van der Waals surface area contributed by atoms with Crippen LogP contribution in [0.15, 0.2) is 24.3 Å². The molecule has 1 atom stereocenters. The molecule has 0 saturated heterocycles. The van der Waals surface area contributed by atoms with Crippen LogP contribution in [0.25, 0.3) is 0 Å². The SMILES string of the molecule is CC(C)CC(C)(CN)N(C)Cc1cccc(Cl)c1. The van der Waals surface area contributed by atoms with Gasteiger partial charge in [0.05, 0.1) is 0 Å². The highest BCUT2D eigenvalue weighted by molar-refractivity contribution is 6.30. The minimum absolute atomic E-state index is 0.0382. The van der Waals surface area contributed by atoms with Gasteiger partial charge in [-0.15, -0.1) is 0 Å². The van der Waals surface area contributed by atoms with E-state index in [0.29, 0.717) is 12.5 Å². The van der Waals surface area contributed by atoms with Crippen LogP contribution in [-0.2, 0) is 6.54 Å². The van der Waals surface area contributed by atoms with E-state index >= 15 is 0 Å². The predicted octanol–water partition coefficient (Wildman–Crippen LogP) is 3.54. The summed E-state index contributed by atoms with van der Waals surface area (Å²) >= 11 is 6.02. The molecule has 1 aromatic carbocycles. The zero-order valence-electron chi connectivity index (χ0n) is 11.9. The lowest BCUT2D eigenvalue weighted by molar-refractivity contribution is 0.111. The molecule has 0 radical (unpaired) electrons. The van der Waals surface area contributed by atoms with E-state index in [4.69, 9.17) is 17.3 Å². The van der Waals surface area contributed by atoms with Gasteiger partial charge < -0.3 is 5.73 Å². The highest BCUT2D eigenvalue weighted by atomic mass is 35.5. The summed E-state index contributed by atoms with van der Waals surface area (Å²) in [6, 6.07) is 8.02. The molecule has 0 aliphatic rings. The Morgan fingerprint density at radius 3 is 2.56 bits per heavy atom. The lowest BCUT2D eigenvalue weighted by atomic mass is 9.89. The van der Waals surface area contributed by atoms with Crippen molar-refractivity contribution < 1.29 is 0 Å². The molecule has 102 valence electrons. The van der Waals surface area contributed by atoms with Crippen LogP contribution in [0.4, 0.5) is 0 Å². The first kappa shape index (κ1) is 15.5. The lowest BCUT2D eigenvalue weighted by Crippen LogP contribution is -2.50. The molecular weight excluding hydrogens is 244 g/mol. The van der Waals surface area contributed by atoms with Crippen LogP contribution < -0.4 is 5.73 Å². The summed E-state index contributed by atoms with van der Waals surface area (Å²) in [4.78, 5) is 2.33. The second kappa shape index (κ2) is 6.55. The summed E-state index contributed by atoms with van der Waals surface area (Å²) in [5, 5.41) is 0.791. The minimum Gasteiger partial charge on any atom is -0.329 e. The van der Waals surface area contributed by atoms with Crippen LogP contribution in [0.1, 0.15) is 32.8 Å². The number of hydrogen-bond donors (Lipinski definition) is 1. The third-order valence-corrected chi connectivity index (χ3v) is 3.75. The molecule has 0 fully saturated rings. The molecule has 0 bridgehead atoms. The quantitative estimate of drug-likeness (QED) is 0.855. The number of benzene rings is 1. The zero-order valence-corrected chi connectivity index (χ0v) is 12.7.